The van der Waals surface area contributed by atoms with Crippen molar-refractivity contribution in [3.05, 3.63) is 47.7 Å². The zero-order valence-corrected chi connectivity index (χ0v) is 15.0. The Morgan fingerprint density at radius 3 is 2.68 bits per heavy atom. The topological polar surface area (TPSA) is 76.8 Å². The second-order valence-electron chi connectivity index (χ2n) is 6.00. The summed E-state index contributed by atoms with van der Waals surface area (Å²) in [6, 6.07) is 9.71. The molecule has 0 saturated carbocycles. The summed E-state index contributed by atoms with van der Waals surface area (Å²) in [7, 11) is 0. The van der Waals surface area contributed by atoms with Crippen molar-refractivity contribution in [1.82, 2.24) is 20.1 Å². The molecule has 10 heteroatoms. The van der Waals surface area contributed by atoms with E-state index in [2.05, 4.69) is 20.1 Å². The molecule has 0 bridgehead atoms. The molecule has 0 aliphatic carbocycles. The summed E-state index contributed by atoms with van der Waals surface area (Å²) in [5.74, 6) is 0.440. The molecule has 0 radical (unpaired) electrons. The van der Waals surface area contributed by atoms with Gasteiger partial charge < -0.3 is 14.2 Å². The summed E-state index contributed by atoms with van der Waals surface area (Å²) in [5.41, 5.74) is 2.80. The van der Waals surface area contributed by atoms with Crippen LogP contribution in [0, 0.1) is 0 Å². The van der Waals surface area contributed by atoms with Gasteiger partial charge in [0.15, 0.2) is 6.10 Å². The van der Waals surface area contributed by atoms with Crippen LogP contribution in [0.3, 0.4) is 0 Å². The number of halogens is 4. The predicted octanol–water partition coefficient (Wildman–Crippen LogP) is 5.26. The highest BCUT2D eigenvalue weighted by Gasteiger charge is 2.38. The van der Waals surface area contributed by atoms with Gasteiger partial charge in [0.1, 0.15) is 5.75 Å². The van der Waals surface area contributed by atoms with Gasteiger partial charge in [-0.1, -0.05) is 16.8 Å². The number of H-pyrrole nitrogens is 1. The van der Waals surface area contributed by atoms with Crippen LogP contribution in [-0.4, -0.2) is 32.4 Å². The van der Waals surface area contributed by atoms with E-state index in [-0.39, 0.29) is 16.7 Å². The third-order valence-electron chi connectivity index (χ3n) is 4.05. The number of ether oxygens (including phenoxy) is 1. The number of fused-ring (bicyclic) bond motifs is 1. The number of aromatic amines is 1. The number of hydrogen-bond donors (Lipinski definition) is 1. The van der Waals surface area contributed by atoms with E-state index in [4.69, 9.17) is 20.9 Å². The van der Waals surface area contributed by atoms with Gasteiger partial charge in [0, 0.05) is 11.1 Å². The maximum Gasteiger partial charge on any atom is 0.425 e. The first-order chi connectivity index (χ1) is 13.3. The van der Waals surface area contributed by atoms with Crippen molar-refractivity contribution in [2.24, 2.45) is 0 Å². The lowest BCUT2D eigenvalue weighted by Gasteiger charge is -2.18. The molecule has 2 aromatic heterocycles. The van der Waals surface area contributed by atoms with Gasteiger partial charge in [-0.25, -0.2) is 4.98 Å². The SMILES string of the molecule is C[C@@H](Oc1ccc(-c2nc(-c3ccc4[nH]cnc4c3)no2)cc1Cl)C(F)(F)F. The number of rotatable bonds is 4. The normalized spacial score (nSPS) is 13.0. The number of hydrogen-bond acceptors (Lipinski definition) is 5. The molecule has 0 fully saturated rings. The summed E-state index contributed by atoms with van der Waals surface area (Å²) in [6.07, 6.45) is -4.89. The summed E-state index contributed by atoms with van der Waals surface area (Å²) < 4.78 is 48.1. The lowest BCUT2D eigenvalue weighted by molar-refractivity contribution is -0.189. The number of aromatic nitrogens is 4. The Morgan fingerprint density at radius 1 is 1.14 bits per heavy atom. The molecule has 0 saturated heterocycles. The molecule has 4 aromatic rings. The molecule has 6 nitrogen and oxygen atoms in total. The standard InChI is InChI=1S/C18H12ClF3N4O2/c1-9(18(20,21)22)27-15-5-3-11(6-12(15)19)17-25-16(26-28-17)10-2-4-13-14(7-10)24-8-23-13/h2-9H,1H3,(H,23,24)/t9-/m1/s1. The molecule has 0 spiro atoms. The first kappa shape index (κ1) is 18.3. The van der Waals surface area contributed by atoms with E-state index in [1.54, 1.807) is 6.33 Å². The first-order valence-corrected chi connectivity index (χ1v) is 8.49. The average Bonchev–Trinajstić information content (AvgIpc) is 3.31. The highest BCUT2D eigenvalue weighted by atomic mass is 35.5. The monoisotopic (exact) mass is 408 g/mol. The number of nitrogens with one attached hydrogen (secondary N) is 1. The Labute approximate surface area is 161 Å². The van der Waals surface area contributed by atoms with Crippen molar-refractivity contribution in [3.8, 4) is 28.6 Å². The molecule has 1 N–H and O–H groups in total. The van der Waals surface area contributed by atoms with Gasteiger partial charge in [-0.3, -0.25) is 0 Å². The molecular weight excluding hydrogens is 397 g/mol. The Morgan fingerprint density at radius 2 is 1.93 bits per heavy atom. The minimum Gasteiger partial charge on any atom is -0.480 e. The van der Waals surface area contributed by atoms with Gasteiger partial charge in [-0.2, -0.15) is 18.2 Å². The van der Waals surface area contributed by atoms with Crippen LogP contribution in [0.2, 0.25) is 5.02 Å². The Balaban J connectivity index is 1.59. The zero-order chi connectivity index (χ0) is 19.9. The maximum absolute atomic E-state index is 12.6. The minimum absolute atomic E-state index is 0.00583. The molecule has 2 heterocycles. The van der Waals surface area contributed by atoms with Crippen LogP contribution in [0.15, 0.2) is 47.2 Å². The first-order valence-electron chi connectivity index (χ1n) is 8.12. The zero-order valence-electron chi connectivity index (χ0n) is 14.3. The molecule has 4 rings (SSSR count). The lowest BCUT2D eigenvalue weighted by atomic mass is 10.2. The number of alkyl halides is 3. The number of benzene rings is 2. The summed E-state index contributed by atoms with van der Waals surface area (Å²) in [4.78, 5) is 11.5. The van der Waals surface area contributed by atoms with Crippen molar-refractivity contribution >= 4 is 22.6 Å². The van der Waals surface area contributed by atoms with Crippen LogP contribution >= 0.6 is 11.6 Å². The fraction of sp³-hybridized carbons (Fsp3) is 0.167. The van der Waals surface area contributed by atoms with Gasteiger partial charge in [-0.05, 0) is 43.3 Å². The smallest absolute Gasteiger partial charge is 0.425 e. The van der Waals surface area contributed by atoms with E-state index in [0.29, 0.717) is 17.0 Å². The van der Waals surface area contributed by atoms with Gasteiger partial charge in [-0.15, -0.1) is 0 Å². The van der Waals surface area contributed by atoms with Crippen LogP contribution < -0.4 is 4.74 Å². The second kappa shape index (κ2) is 6.83. The molecule has 144 valence electrons. The third-order valence-corrected chi connectivity index (χ3v) is 4.34. The van der Waals surface area contributed by atoms with Crippen LogP contribution in [0.25, 0.3) is 33.9 Å². The average molecular weight is 409 g/mol. The molecule has 28 heavy (non-hydrogen) atoms. The Kier molecular flexibility index (Phi) is 4.46. The number of nitrogens with zero attached hydrogens (tertiary/aromatic N) is 3. The van der Waals surface area contributed by atoms with Gasteiger partial charge in [0.25, 0.3) is 5.89 Å². The van der Waals surface area contributed by atoms with E-state index in [1.807, 2.05) is 18.2 Å². The van der Waals surface area contributed by atoms with Crippen LogP contribution in [0.1, 0.15) is 6.92 Å². The van der Waals surface area contributed by atoms with Crippen molar-refractivity contribution in [2.45, 2.75) is 19.2 Å². The van der Waals surface area contributed by atoms with E-state index in [1.165, 1.54) is 18.2 Å². The van der Waals surface area contributed by atoms with E-state index in [0.717, 1.165) is 18.0 Å². The second-order valence-corrected chi connectivity index (χ2v) is 6.41. The molecule has 0 unspecified atom stereocenters. The summed E-state index contributed by atoms with van der Waals surface area (Å²) in [6.45, 7) is 0.907. The third kappa shape index (κ3) is 3.53. The van der Waals surface area contributed by atoms with Crippen molar-refractivity contribution in [2.75, 3.05) is 0 Å². The van der Waals surface area contributed by atoms with Gasteiger partial charge in [0.05, 0.1) is 22.4 Å². The van der Waals surface area contributed by atoms with Gasteiger partial charge >= 0.3 is 6.18 Å². The molecule has 1 atom stereocenters. The van der Waals surface area contributed by atoms with Crippen LogP contribution in [0.5, 0.6) is 5.75 Å². The summed E-state index contributed by atoms with van der Waals surface area (Å²) in [5, 5.41) is 3.95. The lowest BCUT2D eigenvalue weighted by Crippen LogP contribution is -2.31. The number of imidazole rings is 1. The van der Waals surface area contributed by atoms with Crippen molar-refractivity contribution in [1.29, 1.82) is 0 Å². The van der Waals surface area contributed by atoms with E-state index in [9.17, 15) is 13.2 Å². The van der Waals surface area contributed by atoms with Gasteiger partial charge in [0.2, 0.25) is 5.82 Å². The summed E-state index contributed by atoms with van der Waals surface area (Å²) >= 11 is 6.06. The fourth-order valence-electron chi connectivity index (χ4n) is 2.52. The predicted molar refractivity (Wildman–Crippen MR) is 96.0 cm³/mol. The quantitative estimate of drug-likeness (QED) is 0.498. The fourth-order valence-corrected chi connectivity index (χ4v) is 2.74. The molecular formula is C18H12ClF3N4O2. The molecule has 0 aliphatic rings. The molecule has 0 amide bonds. The highest BCUT2D eigenvalue weighted by Crippen LogP contribution is 2.33. The minimum atomic E-state index is -4.49. The van der Waals surface area contributed by atoms with Crippen molar-refractivity contribution in [3.63, 3.8) is 0 Å². The van der Waals surface area contributed by atoms with E-state index < -0.39 is 12.3 Å². The molecule has 2 aromatic carbocycles. The largest absolute Gasteiger partial charge is 0.480 e. The van der Waals surface area contributed by atoms with Crippen LogP contribution in [0.4, 0.5) is 13.2 Å². The highest BCUT2D eigenvalue weighted by molar-refractivity contribution is 6.32. The molecule has 0 aliphatic heterocycles. The van der Waals surface area contributed by atoms with Crippen LogP contribution in [-0.2, 0) is 0 Å². The van der Waals surface area contributed by atoms with Crippen molar-refractivity contribution < 1.29 is 22.4 Å². The maximum atomic E-state index is 12.6. The Bertz CT molecular complexity index is 1140. The Hall–Kier alpha value is -3.07. The van der Waals surface area contributed by atoms with E-state index >= 15 is 0 Å².